The summed E-state index contributed by atoms with van der Waals surface area (Å²) in [6, 6.07) is 3.37. The van der Waals surface area contributed by atoms with Gasteiger partial charge < -0.3 is 10.6 Å². The molecule has 0 spiro atoms. The molecule has 0 unspecified atom stereocenters. The number of rotatable bonds is 8. The normalized spacial score (nSPS) is 10.9. The predicted molar refractivity (Wildman–Crippen MR) is 83.1 cm³/mol. The van der Waals surface area contributed by atoms with Crippen LogP contribution in [0, 0.1) is 0 Å². The van der Waals surface area contributed by atoms with E-state index in [4.69, 9.17) is 0 Å². The Morgan fingerprint density at radius 3 is 2.55 bits per heavy atom. The van der Waals surface area contributed by atoms with Crippen molar-refractivity contribution < 1.29 is 13.2 Å². The zero-order valence-electron chi connectivity index (χ0n) is 11.4. The topological polar surface area (TPSA) is 87.3 Å². The Morgan fingerprint density at radius 2 is 1.95 bits per heavy atom. The van der Waals surface area contributed by atoms with Gasteiger partial charge in [-0.3, -0.25) is 4.79 Å². The molecule has 0 aromatic carbocycles. The molecule has 0 aliphatic carbocycles. The molecule has 6 nitrogen and oxygen atoms in total. The van der Waals surface area contributed by atoms with Gasteiger partial charge in [-0.05, 0) is 25.6 Å². The van der Waals surface area contributed by atoms with Gasteiger partial charge in [0, 0.05) is 31.4 Å². The molecule has 1 amide bonds. The Bertz CT molecular complexity index is 517. The monoisotopic (exact) mass is 341 g/mol. The lowest BCUT2D eigenvalue weighted by Crippen LogP contribution is -2.30. The van der Waals surface area contributed by atoms with E-state index < -0.39 is 10.0 Å². The van der Waals surface area contributed by atoms with Crippen molar-refractivity contribution in [3.05, 3.63) is 17.0 Å². The number of amides is 1. The van der Waals surface area contributed by atoms with Crippen molar-refractivity contribution in [2.75, 3.05) is 26.7 Å². The number of carbonyl (C=O) groups is 1. The van der Waals surface area contributed by atoms with Crippen molar-refractivity contribution in [1.82, 2.24) is 15.4 Å². The molecule has 0 saturated heterocycles. The number of sulfonamides is 1. The number of halogens is 1. The lowest BCUT2D eigenvalue weighted by Gasteiger charge is -2.03. The van der Waals surface area contributed by atoms with E-state index >= 15 is 0 Å². The molecular formula is C11H20ClN3O3S2. The third kappa shape index (κ3) is 6.67. The molecular weight excluding hydrogens is 322 g/mol. The van der Waals surface area contributed by atoms with Crippen molar-refractivity contribution in [3.63, 3.8) is 0 Å². The van der Waals surface area contributed by atoms with Gasteiger partial charge in [-0.15, -0.1) is 23.7 Å². The first-order valence-electron chi connectivity index (χ1n) is 5.93. The second-order valence-electron chi connectivity index (χ2n) is 3.96. The van der Waals surface area contributed by atoms with E-state index in [9.17, 15) is 13.2 Å². The highest BCUT2D eigenvalue weighted by atomic mass is 35.5. The average Bonchev–Trinajstić information content (AvgIpc) is 2.78. The third-order valence-corrected chi connectivity index (χ3v) is 5.41. The molecule has 0 saturated carbocycles. The summed E-state index contributed by atoms with van der Waals surface area (Å²) in [5, 5.41) is 5.55. The van der Waals surface area contributed by atoms with Crippen molar-refractivity contribution >= 4 is 39.7 Å². The van der Waals surface area contributed by atoms with Crippen molar-refractivity contribution in [2.45, 2.75) is 17.6 Å². The van der Waals surface area contributed by atoms with Crippen molar-refractivity contribution in [3.8, 4) is 0 Å². The van der Waals surface area contributed by atoms with E-state index in [1.807, 2.05) is 0 Å². The SMILES string of the molecule is CNCCNS(=O)(=O)c1ccc(CCNC(C)=O)s1.Cl. The van der Waals surface area contributed by atoms with Crippen LogP contribution >= 0.6 is 23.7 Å². The molecule has 3 N–H and O–H groups in total. The van der Waals surface area contributed by atoms with Crippen LogP contribution in [0.1, 0.15) is 11.8 Å². The van der Waals surface area contributed by atoms with Crippen LogP contribution in [0.25, 0.3) is 0 Å². The molecule has 0 bridgehead atoms. The number of likely N-dealkylation sites (N-methyl/N-ethyl adjacent to an activating group) is 1. The molecule has 0 aliphatic heterocycles. The summed E-state index contributed by atoms with van der Waals surface area (Å²) >= 11 is 1.23. The summed E-state index contributed by atoms with van der Waals surface area (Å²) in [6.07, 6.45) is 0.635. The number of carbonyl (C=O) groups excluding carboxylic acids is 1. The van der Waals surface area contributed by atoms with Crippen LogP contribution in [0.3, 0.4) is 0 Å². The first-order chi connectivity index (χ1) is 8.95. The smallest absolute Gasteiger partial charge is 0.250 e. The van der Waals surface area contributed by atoms with Crippen LogP contribution in [0.4, 0.5) is 0 Å². The van der Waals surface area contributed by atoms with Gasteiger partial charge in [-0.2, -0.15) is 0 Å². The minimum Gasteiger partial charge on any atom is -0.356 e. The number of hydrogen-bond donors (Lipinski definition) is 3. The Balaban J connectivity index is 0.00000361. The van der Waals surface area contributed by atoms with Gasteiger partial charge in [0.25, 0.3) is 0 Å². The van der Waals surface area contributed by atoms with Crippen LogP contribution in [0.5, 0.6) is 0 Å². The summed E-state index contributed by atoms with van der Waals surface area (Å²) in [5.41, 5.74) is 0. The average molecular weight is 342 g/mol. The molecule has 1 heterocycles. The van der Waals surface area contributed by atoms with Gasteiger partial charge in [-0.25, -0.2) is 13.1 Å². The first kappa shape index (κ1) is 19.3. The van der Waals surface area contributed by atoms with Crippen LogP contribution in [0.2, 0.25) is 0 Å². The zero-order chi connectivity index (χ0) is 14.3. The summed E-state index contributed by atoms with van der Waals surface area (Å²) in [7, 11) is -1.65. The molecule has 1 aromatic heterocycles. The Kier molecular flexibility index (Phi) is 8.99. The van der Waals surface area contributed by atoms with Gasteiger partial charge in [-0.1, -0.05) is 0 Å². The number of thiophene rings is 1. The fraction of sp³-hybridized carbons (Fsp3) is 0.545. The maximum atomic E-state index is 11.9. The van der Waals surface area contributed by atoms with E-state index in [1.165, 1.54) is 18.3 Å². The Labute approximate surface area is 129 Å². The fourth-order valence-electron chi connectivity index (χ4n) is 1.38. The highest BCUT2D eigenvalue weighted by Gasteiger charge is 2.15. The molecule has 0 fully saturated rings. The highest BCUT2D eigenvalue weighted by Crippen LogP contribution is 2.21. The standard InChI is InChI=1S/C11H19N3O3S2.ClH/c1-9(15)13-6-5-10-3-4-11(18-10)19(16,17)14-8-7-12-2;/h3-4,12,14H,5-8H2,1-2H3,(H,13,15);1H. The zero-order valence-corrected chi connectivity index (χ0v) is 13.9. The molecule has 1 rings (SSSR count). The second-order valence-corrected chi connectivity index (χ2v) is 7.12. The minimum atomic E-state index is -3.41. The van der Waals surface area contributed by atoms with E-state index in [0.717, 1.165) is 4.88 Å². The van der Waals surface area contributed by atoms with Gasteiger partial charge in [0.05, 0.1) is 0 Å². The maximum absolute atomic E-state index is 11.9. The lowest BCUT2D eigenvalue weighted by molar-refractivity contribution is -0.118. The van der Waals surface area contributed by atoms with Crippen LogP contribution in [-0.2, 0) is 21.2 Å². The molecule has 9 heteroatoms. The lowest BCUT2D eigenvalue weighted by atomic mass is 10.3. The first-order valence-corrected chi connectivity index (χ1v) is 8.23. The minimum absolute atomic E-state index is 0. The second kappa shape index (κ2) is 9.30. The largest absolute Gasteiger partial charge is 0.356 e. The van der Waals surface area contributed by atoms with Crippen molar-refractivity contribution in [2.24, 2.45) is 0 Å². The molecule has 116 valence electrons. The van der Waals surface area contributed by atoms with Crippen LogP contribution in [0.15, 0.2) is 16.3 Å². The van der Waals surface area contributed by atoms with Gasteiger partial charge in [0.1, 0.15) is 4.21 Å². The summed E-state index contributed by atoms with van der Waals surface area (Å²) in [6.45, 7) is 2.91. The summed E-state index contributed by atoms with van der Waals surface area (Å²) in [4.78, 5) is 11.7. The number of hydrogen-bond acceptors (Lipinski definition) is 5. The van der Waals surface area contributed by atoms with E-state index in [0.29, 0.717) is 30.3 Å². The van der Waals surface area contributed by atoms with E-state index in [-0.39, 0.29) is 18.3 Å². The van der Waals surface area contributed by atoms with Gasteiger partial charge >= 0.3 is 0 Å². The van der Waals surface area contributed by atoms with E-state index in [2.05, 4.69) is 15.4 Å². The predicted octanol–water partition coefficient (Wildman–Crippen LogP) is 0.346. The third-order valence-electron chi connectivity index (χ3n) is 2.31. The molecule has 0 aliphatic rings. The van der Waals surface area contributed by atoms with Gasteiger partial charge in [0.15, 0.2) is 0 Å². The van der Waals surface area contributed by atoms with Crippen LogP contribution < -0.4 is 15.4 Å². The Hall–Kier alpha value is -0.670. The Morgan fingerprint density at radius 1 is 1.25 bits per heavy atom. The fourth-order valence-corrected chi connectivity index (χ4v) is 3.81. The molecule has 0 radical (unpaired) electrons. The molecule has 1 aromatic rings. The van der Waals surface area contributed by atoms with Gasteiger partial charge in [0.2, 0.25) is 15.9 Å². The molecule has 20 heavy (non-hydrogen) atoms. The summed E-state index contributed by atoms with van der Waals surface area (Å²) in [5.74, 6) is -0.0851. The molecule has 0 atom stereocenters. The number of nitrogens with one attached hydrogen (secondary N) is 3. The van der Waals surface area contributed by atoms with Crippen molar-refractivity contribution in [1.29, 1.82) is 0 Å². The maximum Gasteiger partial charge on any atom is 0.250 e. The van der Waals surface area contributed by atoms with Crippen LogP contribution in [-0.4, -0.2) is 41.0 Å². The highest BCUT2D eigenvalue weighted by molar-refractivity contribution is 7.91. The van der Waals surface area contributed by atoms with E-state index in [1.54, 1.807) is 19.2 Å². The quantitative estimate of drug-likeness (QED) is 0.595. The summed E-state index contributed by atoms with van der Waals surface area (Å²) < 4.78 is 26.6.